The summed E-state index contributed by atoms with van der Waals surface area (Å²) in [5.41, 5.74) is -0.583. The molecule has 2 nitrogen and oxygen atoms in total. The first kappa shape index (κ1) is 19.9. The van der Waals surface area contributed by atoms with Crippen LogP contribution in [0.1, 0.15) is 11.1 Å². The van der Waals surface area contributed by atoms with E-state index in [2.05, 4.69) is 9.97 Å². The molecular weight excluding hydrogens is 406 g/mol. The molecule has 4 aromatic rings. The van der Waals surface area contributed by atoms with Crippen molar-refractivity contribution in [1.82, 2.24) is 9.97 Å². The normalized spacial score (nSPS) is 12.3. The first-order chi connectivity index (χ1) is 14.1. The number of hydrogen-bond donors (Lipinski definition) is 0. The SMILES string of the molecule is FC(F)(F)c1cccc(-c2nc3ccccc3nc2-c2cccc(C(F)(F)F)c2)c1. The highest BCUT2D eigenvalue weighted by molar-refractivity contribution is 5.86. The predicted molar refractivity (Wildman–Crippen MR) is 100 cm³/mol. The molecule has 0 atom stereocenters. The van der Waals surface area contributed by atoms with Gasteiger partial charge in [0, 0.05) is 11.1 Å². The Kier molecular flexibility index (Phi) is 4.72. The fourth-order valence-corrected chi connectivity index (χ4v) is 3.09. The van der Waals surface area contributed by atoms with Crippen LogP contribution in [0.2, 0.25) is 0 Å². The molecule has 4 rings (SSSR count). The number of halogens is 6. The van der Waals surface area contributed by atoms with Crippen molar-refractivity contribution in [3.63, 3.8) is 0 Å². The molecule has 1 aromatic heterocycles. The number of benzene rings is 3. The maximum absolute atomic E-state index is 13.2. The van der Waals surface area contributed by atoms with E-state index in [1.54, 1.807) is 24.3 Å². The van der Waals surface area contributed by atoms with Crippen LogP contribution in [0.4, 0.5) is 26.3 Å². The molecule has 0 N–H and O–H groups in total. The van der Waals surface area contributed by atoms with Crippen molar-refractivity contribution >= 4 is 11.0 Å². The highest BCUT2D eigenvalue weighted by Crippen LogP contribution is 2.37. The monoisotopic (exact) mass is 418 g/mol. The molecule has 0 saturated heterocycles. The van der Waals surface area contributed by atoms with Gasteiger partial charge in [0.1, 0.15) is 0 Å². The van der Waals surface area contributed by atoms with Gasteiger partial charge in [-0.05, 0) is 36.4 Å². The lowest BCUT2D eigenvalue weighted by Crippen LogP contribution is -2.06. The van der Waals surface area contributed by atoms with E-state index in [-0.39, 0.29) is 22.5 Å². The van der Waals surface area contributed by atoms with Gasteiger partial charge < -0.3 is 0 Å². The zero-order chi connectivity index (χ0) is 21.5. The van der Waals surface area contributed by atoms with E-state index in [4.69, 9.17) is 0 Å². The van der Waals surface area contributed by atoms with Gasteiger partial charge in [-0.25, -0.2) is 9.97 Å². The van der Waals surface area contributed by atoms with Crippen LogP contribution in [0.5, 0.6) is 0 Å². The van der Waals surface area contributed by atoms with Gasteiger partial charge in [-0.2, -0.15) is 26.3 Å². The van der Waals surface area contributed by atoms with E-state index in [1.165, 1.54) is 24.3 Å². The van der Waals surface area contributed by atoms with E-state index in [0.29, 0.717) is 11.0 Å². The largest absolute Gasteiger partial charge is 0.416 e. The van der Waals surface area contributed by atoms with E-state index >= 15 is 0 Å². The molecule has 0 aliphatic rings. The molecule has 30 heavy (non-hydrogen) atoms. The molecular formula is C22H12F6N2. The van der Waals surface area contributed by atoms with Crippen molar-refractivity contribution in [2.75, 3.05) is 0 Å². The second-order valence-corrected chi connectivity index (χ2v) is 6.57. The highest BCUT2D eigenvalue weighted by Gasteiger charge is 2.32. The average molecular weight is 418 g/mol. The summed E-state index contributed by atoms with van der Waals surface area (Å²) in [6, 6.07) is 15.6. The summed E-state index contributed by atoms with van der Waals surface area (Å²) in [5.74, 6) is 0. The number of aromatic nitrogens is 2. The van der Waals surface area contributed by atoms with Crippen molar-refractivity contribution in [1.29, 1.82) is 0 Å². The third-order valence-corrected chi connectivity index (χ3v) is 4.50. The second-order valence-electron chi connectivity index (χ2n) is 6.57. The molecule has 0 radical (unpaired) electrons. The van der Waals surface area contributed by atoms with Gasteiger partial charge >= 0.3 is 12.4 Å². The Labute approximate surface area is 166 Å². The molecule has 1 heterocycles. The van der Waals surface area contributed by atoms with Crippen LogP contribution in [0.25, 0.3) is 33.5 Å². The van der Waals surface area contributed by atoms with Crippen LogP contribution < -0.4 is 0 Å². The van der Waals surface area contributed by atoms with E-state index in [0.717, 1.165) is 24.3 Å². The number of alkyl halides is 6. The van der Waals surface area contributed by atoms with Gasteiger partial charge in [0.15, 0.2) is 0 Å². The number of para-hydroxylation sites is 2. The molecule has 0 fully saturated rings. The molecule has 0 spiro atoms. The Morgan fingerprint density at radius 3 is 1.27 bits per heavy atom. The Morgan fingerprint density at radius 1 is 0.500 bits per heavy atom. The first-order valence-electron chi connectivity index (χ1n) is 8.75. The van der Waals surface area contributed by atoms with Crippen molar-refractivity contribution in [2.45, 2.75) is 12.4 Å². The smallest absolute Gasteiger partial charge is 0.244 e. The van der Waals surface area contributed by atoms with Crippen LogP contribution in [-0.4, -0.2) is 9.97 Å². The average Bonchev–Trinajstić information content (AvgIpc) is 2.72. The zero-order valence-corrected chi connectivity index (χ0v) is 15.1. The highest BCUT2D eigenvalue weighted by atomic mass is 19.4. The molecule has 152 valence electrons. The minimum absolute atomic E-state index is 0.0686. The Morgan fingerprint density at radius 2 is 0.900 bits per heavy atom. The van der Waals surface area contributed by atoms with Crippen LogP contribution in [-0.2, 0) is 12.4 Å². The van der Waals surface area contributed by atoms with Crippen molar-refractivity contribution in [3.8, 4) is 22.5 Å². The second kappa shape index (κ2) is 7.12. The van der Waals surface area contributed by atoms with Crippen LogP contribution in [0.15, 0.2) is 72.8 Å². The summed E-state index contributed by atoms with van der Waals surface area (Å²) in [4.78, 5) is 8.85. The topological polar surface area (TPSA) is 25.8 Å². The van der Waals surface area contributed by atoms with Gasteiger partial charge in [-0.15, -0.1) is 0 Å². The molecule has 3 aromatic carbocycles. The number of nitrogens with zero attached hydrogens (tertiary/aromatic N) is 2. The summed E-state index contributed by atoms with van der Waals surface area (Å²) >= 11 is 0. The quantitative estimate of drug-likeness (QED) is 0.328. The molecule has 0 amide bonds. The standard InChI is InChI=1S/C22H12F6N2/c23-21(24,25)15-7-3-5-13(11-15)19-20(30-18-10-2-1-9-17(18)29-19)14-6-4-8-16(12-14)22(26,27)28/h1-12H. The third kappa shape index (κ3) is 3.85. The fraction of sp³-hybridized carbons (Fsp3) is 0.0909. The van der Waals surface area contributed by atoms with Gasteiger partial charge in [0.05, 0.1) is 33.5 Å². The Balaban J connectivity index is 1.99. The lowest BCUT2D eigenvalue weighted by molar-refractivity contribution is -0.138. The number of rotatable bonds is 2. The van der Waals surface area contributed by atoms with Crippen molar-refractivity contribution < 1.29 is 26.3 Å². The molecule has 0 aliphatic heterocycles. The van der Waals surface area contributed by atoms with Gasteiger partial charge in [0.25, 0.3) is 0 Å². The van der Waals surface area contributed by atoms with Crippen LogP contribution >= 0.6 is 0 Å². The Bertz CT molecular complexity index is 1130. The summed E-state index contributed by atoms with van der Waals surface area (Å²) in [6.45, 7) is 0. The summed E-state index contributed by atoms with van der Waals surface area (Å²) in [6.07, 6.45) is -9.15. The molecule has 0 bridgehead atoms. The lowest BCUT2D eigenvalue weighted by atomic mass is 10.00. The fourth-order valence-electron chi connectivity index (χ4n) is 3.09. The summed E-state index contributed by atoms with van der Waals surface area (Å²) in [5, 5.41) is 0. The molecule has 0 aliphatic carbocycles. The van der Waals surface area contributed by atoms with E-state index < -0.39 is 23.5 Å². The summed E-state index contributed by atoms with van der Waals surface area (Å²) in [7, 11) is 0. The molecule has 0 saturated carbocycles. The zero-order valence-electron chi connectivity index (χ0n) is 15.1. The van der Waals surface area contributed by atoms with Gasteiger partial charge in [0.2, 0.25) is 0 Å². The van der Waals surface area contributed by atoms with Gasteiger partial charge in [-0.1, -0.05) is 36.4 Å². The maximum Gasteiger partial charge on any atom is 0.416 e. The van der Waals surface area contributed by atoms with Crippen molar-refractivity contribution in [3.05, 3.63) is 83.9 Å². The maximum atomic E-state index is 13.2. The van der Waals surface area contributed by atoms with Crippen molar-refractivity contribution in [2.24, 2.45) is 0 Å². The van der Waals surface area contributed by atoms with E-state index in [9.17, 15) is 26.3 Å². The Hall–Kier alpha value is -3.42. The van der Waals surface area contributed by atoms with Gasteiger partial charge in [-0.3, -0.25) is 0 Å². The lowest BCUT2D eigenvalue weighted by Gasteiger charge is -2.14. The minimum atomic E-state index is -4.57. The first-order valence-corrected chi connectivity index (χ1v) is 8.75. The van der Waals surface area contributed by atoms with Crippen LogP contribution in [0.3, 0.4) is 0 Å². The summed E-state index contributed by atoms with van der Waals surface area (Å²) < 4.78 is 79.1. The molecule has 8 heteroatoms. The number of hydrogen-bond acceptors (Lipinski definition) is 2. The van der Waals surface area contributed by atoms with E-state index in [1.807, 2.05) is 0 Å². The number of fused-ring (bicyclic) bond motifs is 1. The predicted octanol–water partition coefficient (Wildman–Crippen LogP) is 7.00. The third-order valence-electron chi connectivity index (χ3n) is 4.50. The minimum Gasteiger partial charge on any atom is -0.244 e. The van der Waals surface area contributed by atoms with Crippen LogP contribution in [0, 0.1) is 0 Å². The molecule has 0 unspecified atom stereocenters.